The summed E-state index contributed by atoms with van der Waals surface area (Å²) >= 11 is 0. The van der Waals surface area contributed by atoms with Crippen LogP contribution in [0, 0.1) is 0 Å². The molecule has 0 amide bonds. The lowest BCUT2D eigenvalue weighted by molar-refractivity contribution is 0.171. The van der Waals surface area contributed by atoms with E-state index in [4.69, 9.17) is 18.9 Å². The minimum absolute atomic E-state index is 0.165. The minimum atomic E-state index is -0.446. The van der Waals surface area contributed by atoms with Crippen molar-refractivity contribution in [1.29, 1.82) is 0 Å². The summed E-state index contributed by atoms with van der Waals surface area (Å²) in [6.45, 7) is 4.09. The number of piperazine rings is 1. The van der Waals surface area contributed by atoms with Gasteiger partial charge in [-0.1, -0.05) is 0 Å². The van der Waals surface area contributed by atoms with Crippen LogP contribution in [-0.4, -0.2) is 83.9 Å². The van der Waals surface area contributed by atoms with E-state index >= 15 is 0 Å². The van der Waals surface area contributed by atoms with Crippen LogP contribution in [0.4, 0.5) is 5.69 Å². The number of aromatic amines is 1. The largest absolute Gasteiger partial charge is 0.497 e. The van der Waals surface area contributed by atoms with Crippen molar-refractivity contribution in [1.82, 2.24) is 30.1 Å². The first-order chi connectivity index (χ1) is 18.6. The summed E-state index contributed by atoms with van der Waals surface area (Å²) in [5.41, 5.74) is 2.19. The third kappa shape index (κ3) is 4.52. The number of aromatic nitrogens is 5. The number of nitrogens with zero attached hydrogens (tertiary/aromatic N) is 6. The van der Waals surface area contributed by atoms with Crippen molar-refractivity contribution in [2.75, 3.05) is 58.7 Å². The molecule has 0 aliphatic carbocycles. The highest BCUT2D eigenvalue weighted by Crippen LogP contribution is 2.36. The van der Waals surface area contributed by atoms with E-state index in [9.17, 15) is 4.79 Å². The lowest BCUT2D eigenvalue weighted by Gasteiger charge is -2.39. The maximum Gasteiger partial charge on any atom is 0.253 e. The molecule has 12 heteroatoms. The maximum atomic E-state index is 13.5. The van der Waals surface area contributed by atoms with Gasteiger partial charge in [0.1, 0.15) is 11.8 Å². The lowest BCUT2D eigenvalue weighted by Crippen LogP contribution is -2.49. The fourth-order valence-electron chi connectivity index (χ4n) is 5.09. The molecule has 0 radical (unpaired) electrons. The zero-order chi connectivity index (χ0) is 26.1. The molecule has 0 spiro atoms. The van der Waals surface area contributed by atoms with E-state index in [1.54, 1.807) is 25.0 Å². The third-order valence-corrected chi connectivity index (χ3v) is 7.09. The summed E-state index contributed by atoms with van der Waals surface area (Å²) < 4.78 is 23.3. The number of hydrogen-bond acceptors (Lipinski definition) is 10. The van der Waals surface area contributed by atoms with Crippen LogP contribution in [0.5, 0.6) is 17.2 Å². The van der Waals surface area contributed by atoms with Gasteiger partial charge in [0.2, 0.25) is 6.79 Å². The number of fused-ring (bicyclic) bond motifs is 2. The van der Waals surface area contributed by atoms with Crippen LogP contribution in [0.1, 0.15) is 17.4 Å². The van der Waals surface area contributed by atoms with Crippen LogP contribution in [-0.2, 0) is 11.3 Å². The zero-order valence-electron chi connectivity index (χ0n) is 21.3. The van der Waals surface area contributed by atoms with E-state index in [0.29, 0.717) is 54.6 Å². The monoisotopic (exact) mass is 519 g/mol. The molecule has 1 atom stereocenters. The van der Waals surface area contributed by atoms with Crippen molar-refractivity contribution in [3.8, 4) is 17.2 Å². The predicted molar refractivity (Wildman–Crippen MR) is 139 cm³/mol. The molecule has 2 aliphatic rings. The molecule has 0 bridgehead atoms. The first-order valence-electron chi connectivity index (χ1n) is 12.5. The van der Waals surface area contributed by atoms with Crippen LogP contribution >= 0.6 is 0 Å². The van der Waals surface area contributed by atoms with Crippen molar-refractivity contribution >= 4 is 16.6 Å². The number of hydrogen-bond donors (Lipinski definition) is 1. The smallest absolute Gasteiger partial charge is 0.253 e. The zero-order valence-corrected chi connectivity index (χ0v) is 21.3. The Morgan fingerprint density at radius 1 is 1.03 bits per heavy atom. The second kappa shape index (κ2) is 10.3. The molecule has 198 valence electrons. The second-order valence-corrected chi connectivity index (χ2v) is 9.22. The minimum Gasteiger partial charge on any atom is -0.497 e. The van der Waals surface area contributed by atoms with E-state index in [-0.39, 0.29) is 12.4 Å². The van der Waals surface area contributed by atoms with Crippen molar-refractivity contribution in [2.45, 2.75) is 12.6 Å². The number of pyridine rings is 1. The SMILES string of the molecule is COCCn1nnnc1[C@H](c1cc2cc3c(cc2[nH]c1=O)OCO3)N1CCN(c2ccc(OC)cc2)CC1. The Morgan fingerprint density at radius 3 is 2.53 bits per heavy atom. The number of ether oxygens (including phenoxy) is 4. The Labute approximate surface area is 218 Å². The molecule has 2 aromatic carbocycles. The standard InChI is InChI=1S/C26H29N7O5/c1-35-12-11-33-25(28-29-30-33)24(32-9-7-31(8-10-32)18-3-5-19(36-2)6-4-18)20-13-17-14-22-23(38-16-37-22)15-21(17)27-26(20)34/h3-6,13-15,24H,7-12,16H2,1-2H3,(H,27,34)/t24-/m0/s1. The number of rotatable bonds is 8. The summed E-state index contributed by atoms with van der Waals surface area (Å²) in [6.07, 6.45) is 0. The Kier molecular flexibility index (Phi) is 6.56. The Balaban J connectivity index is 1.35. The van der Waals surface area contributed by atoms with E-state index in [1.165, 1.54) is 0 Å². The lowest BCUT2D eigenvalue weighted by atomic mass is 10.0. The molecule has 0 unspecified atom stereocenters. The molecule has 2 aromatic heterocycles. The van der Waals surface area contributed by atoms with Crippen LogP contribution in [0.15, 0.2) is 47.3 Å². The fraction of sp³-hybridized carbons (Fsp3) is 0.385. The van der Waals surface area contributed by atoms with Gasteiger partial charge >= 0.3 is 0 Å². The van der Waals surface area contributed by atoms with Gasteiger partial charge in [-0.2, -0.15) is 0 Å². The van der Waals surface area contributed by atoms with Gasteiger partial charge in [0.25, 0.3) is 5.56 Å². The van der Waals surface area contributed by atoms with E-state index in [1.807, 2.05) is 24.3 Å². The summed E-state index contributed by atoms with van der Waals surface area (Å²) in [5, 5.41) is 13.4. The van der Waals surface area contributed by atoms with Crippen molar-refractivity contribution in [3.05, 3.63) is 64.2 Å². The molecule has 4 heterocycles. The Morgan fingerprint density at radius 2 is 1.79 bits per heavy atom. The van der Waals surface area contributed by atoms with Crippen LogP contribution in [0.25, 0.3) is 10.9 Å². The van der Waals surface area contributed by atoms with Crippen molar-refractivity contribution in [3.63, 3.8) is 0 Å². The summed E-state index contributed by atoms with van der Waals surface area (Å²) in [5.74, 6) is 2.71. The van der Waals surface area contributed by atoms with Gasteiger partial charge in [0.15, 0.2) is 17.3 Å². The van der Waals surface area contributed by atoms with Gasteiger partial charge < -0.3 is 28.8 Å². The molecule has 2 aliphatic heterocycles. The van der Waals surface area contributed by atoms with Gasteiger partial charge in [-0.3, -0.25) is 9.69 Å². The highest BCUT2D eigenvalue weighted by Gasteiger charge is 2.33. The van der Waals surface area contributed by atoms with Gasteiger partial charge in [-0.05, 0) is 46.8 Å². The quantitative estimate of drug-likeness (QED) is 0.369. The fourth-order valence-corrected chi connectivity index (χ4v) is 5.09. The molecule has 12 nitrogen and oxygen atoms in total. The average Bonchev–Trinajstić information content (AvgIpc) is 3.61. The molecule has 1 fully saturated rings. The predicted octanol–water partition coefficient (Wildman–Crippen LogP) is 1.81. The molecule has 6 rings (SSSR count). The average molecular weight is 520 g/mol. The van der Waals surface area contributed by atoms with Crippen LogP contribution in [0.2, 0.25) is 0 Å². The van der Waals surface area contributed by atoms with Crippen molar-refractivity contribution in [2.24, 2.45) is 0 Å². The summed E-state index contributed by atoms with van der Waals surface area (Å²) in [7, 11) is 3.30. The third-order valence-electron chi connectivity index (χ3n) is 7.09. The Bertz CT molecular complexity index is 1480. The number of anilines is 1. The molecule has 0 saturated carbocycles. The normalized spacial score (nSPS) is 16.2. The number of tetrazole rings is 1. The molecule has 1 saturated heterocycles. The van der Waals surface area contributed by atoms with E-state index in [2.05, 4.69) is 42.4 Å². The number of nitrogens with one attached hydrogen (secondary N) is 1. The van der Waals surface area contributed by atoms with Gasteiger partial charge in [-0.25, -0.2) is 4.68 Å². The van der Waals surface area contributed by atoms with Gasteiger partial charge in [0, 0.05) is 56.0 Å². The van der Waals surface area contributed by atoms with Crippen molar-refractivity contribution < 1.29 is 18.9 Å². The number of H-pyrrole nitrogens is 1. The van der Waals surface area contributed by atoms with E-state index in [0.717, 1.165) is 29.9 Å². The molecular formula is C26H29N7O5. The number of benzene rings is 2. The maximum absolute atomic E-state index is 13.5. The first-order valence-corrected chi connectivity index (χ1v) is 12.5. The number of methoxy groups -OCH3 is 2. The Hall–Kier alpha value is -4.16. The molecular weight excluding hydrogens is 490 g/mol. The molecule has 4 aromatic rings. The van der Waals surface area contributed by atoms with Crippen LogP contribution in [0.3, 0.4) is 0 Å². The summed E-state index contributed by atoms with van der Waals surface area (Å²) in [6, 6.07) is 13.2. The molecule has 38 heavy (non-hydrogen) atoms. The van der Waals surface area contributed by atoms with Gasteiger partial charge in [-0.15, -0.1) is 5.10 Å². The topological polar surface area (TPSA) is 120 Å². The highest BCUT2D eigenvalue weighted by molar-refractivity contribution is 5.83. The van der Waals surface area contributed by atoms with Crippen LogP contribution < -0.4 is 24.7 Å². The molecule has 1 N–H and O–H groups in total. The second-order valence-electron chi connectivity index (χ2n) is 9.22. The van der Waals surface area contributed by atoms with E-state index < -0.39 is 6.04 Å². The first kappa shape index (κ1) is 24.2. The van der Waals surface area contributed by atoms with Gasteiger partial charge in [0.05, 0.1) is 25.8 Å². The summed E-state index contributed by atoms with van der Waals surface area (Å²) in [4.78, 5) is 21.1. The highest BCUT2D eigenvalue weighted by atomic mass is 16.7.